The van der Waals surface area contributed by atoms with Crippen molar-refractivity contribution in [2.24, 2.45) is 0 Å². The minimum atomic E-state index is -4.68. The lowest BCUT2D eigenvalue weighted by atomic mass is 10.2. The molecule has 1 aromatic carbocycles. The molecule has 0 bridgehead atoms. The van der Waals surface area contributed by atoms with Gasteiger partial charge in [0.15, 0.2) is 5.76 Å². The molecule has 0 saturated carbocycles. The Morgan fingerprint density at radius 1 is 1.22 bits per heavy atom. The van der Waals surface area contributed by atoms with Gasteiger partial charge in [0.1, 0.15) is 5.75 Å². The van der Waals surface area contributed by atoms with E-state index in [4.69, 9.17) is 4.42 Å². The summed E-state index contributed by atoms with van der Waals surface area (Å²) >= 11 is 3.19. The van der Waals surface area contributed by atoms with E-state index in [1.165, 1.54) is 30.5 Å². The fourth-order valence-corrected chi connectivity index (χ4v) is 1.59. The first-order valence-corrected chi connectivity index (χ1v) is 5.97. The van der Waals surface area contributed by atoms with Gasteiger partial charge in [0.2, 0.25) is 5.89 Å². The number of alkyl halides is 4. The standard InChI is InChI=1S/C11H7BrF3NO2/c12-5-10-16-6-9(17-10)7-1-3-8(4-2-7)18-11(13,14)15/h1-4,6H,5H2. The maximum absolute atomic E-state index is 12.0. The van der Waals surface area contributed by atoms with Crippen LogP contribution in [0.25, 0.3) is 11.3 Å². The van der Waals surface area contributed by atoms with Crippen LogP contribution in [-0.4, -0.2) is 11.3 Å². The summed E-state index contributed by atoms with van der Waals surface area (Å²) in [5.74, 6) is 0.718. The van der Waals surface area contributed by atoms with Gasteiger partial charge in [-0.25, -0.2) is 4.98 Å². The Morgan fingerprint density at radius 2 is 1.89 bits per heavy atom. The summed E-state index contributed by atoms with van der Waals surface area (Å²) in [6, 6.07) is 5.39. The Bertz CT molecular complexity index is 522. The van der Waals surface area contributed by atoms with Gasteiger partial charge < -0.3 is 9.15 Å². The van der Waals surface area contributed by atoms with Crippen LogP contribution in [0.1, 0.15) is 5.89 Å². The lowest BCUT2D eigenvalue weighted by molar-refractivity contribution is -0.274. The number of rotatable bonds is 3. The predicted octanol–water partition coefficient (Wildman–Crippen LogP) is 4.14. The highest BCUT2D eigenvalue weighted by atomic mass is 79.9. The van der Waals surface area contributed by atoms with Gasteiger partial charge in [-0.3, -0.25) is 0 Å². The Kier molecular flexibility index (Phi) is 3.60. The largest absolute Gasteiger partial charge is 0.573 e. The molecule has 1 aromatic heterocycles. The van der Waals surface area contributed by atoms with Gasteiger partial charge in [-0.15, -0.1) is 13.2 Å². The van der Waals surface area contributed by atoms with Gasteiger partial charge in [-0.05, 0) is 24.3 Å². The molecule has 0 radical (unpaired) electrons. The summed E-state index contributed by atoms with van der Waals surface area (Å²) in [6.07, 6.45) is -3.17. The molecule has 96 valence electrons. The third-order valence-electron chi connectivity index (χ3n) is 2.04. The predicted molar refractivity (Wildman–Crippen MR) is 61.3 cm³/mol. The summed E-state index contributed by atoms with van der Waals surface area (Å²) in [4.78, 5) is 3.97. The number of oxazole rings is 1. The second-order valence-corrected chi connectivity index (χ2v) is 3.88. The van der Waals surface area contributed by atoms with E-state index >= 15 is 0 Å². The van der Waals surface area contributed by atoms with Crippen LogP contribution >= 0.6 is 15.9 Å². The van der Waals surface area contributed by atoms with Gasteiger partial charge in [-0.2, -0.15) is 0 Å². The third-order valence-corrected chi connectivity index (χ3v) is 2.52. The van der Waals surface area contributed by atoms with E-state index in [2.05, 4.69) is 25.7 Å². The van der Waals surface area contributed by atoms with Gasteiger partial charge >= 0.3 is 6.36 Å². The molecule has 1 heterocycles. The molecule has 18 heavy (non-hydrogen) atoms. The highest BCUT2D eigenvalue weighted by Crippen LogP contribution is 2.27. The number of nitrogens with zero attached hydrogens (tertiary/aromatic N) is 1. The summed E-state index contributed by atoms with van der Waals surface area (Å²) in [7, 11) is 0. The molecule has 7 heteroatoms. The zero-order valence-corrected chi connectivity index (χ0v) is 10.5. The van der Waals surface area contributed by atoms with Gasteiger partial charge in [0.05, 0.1) is 11.5 Å². The molecule has 0 spiro atoms. The lowest BCUT2D eigenvalue weighted by Gasteiger charge is -2.08. The van der Waals surface area contributed by atoms with Crippen LogP contribution < -0.4 is 4.74 Å². The second kappa shape index (κ2) is 5.01. The number of ether oxygens (including phenoxy) is 1. The molecular weight excluding hydrogens is 315 g/mol. The van der Waals surface area contributed by atoms with E-state index in [0.717, 1.165) is 0 Å². The molecule has 0 aliphatic carbocycles. The molecular formula is C11H7BrF3NO2. The molecule has 2 rings (SSSR count). The molecule has 0 aliphatic heterocycles. The first-order valence-electron chi connectivity index (χ1n) is 4.85. The number of aromatic nitrogens is 1. The lowest BCUT2D eigenvalue weighted by Crippen LogP contribution is -2.16. The molecule has 3 nitrogen and oxygen atoms in total. The zero-order valence-electron chi connectivity index (χ0n) is 8.87. The Hall–Kier alpha value is -1.50. The van der Waals surface area contributed by atoms with Crippen LogP contribution in [0, 0.1) is 0 Å². The topological polar surface area (TPSA) is 35.3 Å². The number of halogens is 4. The molecule has 0 N–H and O–H groups in total. The highest BCUT2D eigenvalue weighted by molar-refractivity contribution is 9.08. The van der Waals surface area contributed by atoms with Gasteiger partial charge in [0.25, 0.3) is 0 Å². The smallest absolute Gasteiger partial charge is 0.440 e. The van der Waals surface area contributed by atoms with Crippen molar-refractivity contribution in [3.63, 3.8) is 0 Å². The van der Waals surface area contributed by atoms with E-state index in [9.17, 15) is 13.2 Å². The van der Waals surface area contributed by atoms with Crippen molar-refractivity contribution in [3.05, 3.63) is 36.4 Å². The molecule has 2 aromatic rings. The SMILES string of the molecule is FC(F)(F)Oc1ccc(-c2cnc(CBr)o2)cc1. The minimum Gasteiger partial charge on any atom is -0.440 e. The van der Waals surface area contributed by atoms with Crippen LogP contribution in [-0.2, 0) is 5.33 Å². The van der Waals surface area contributed by atoms with E-state index in [-0.39, 0.29) is 5.75 Å². The Morgan fingerprint density at radius 3 is 2.39 bits per heavy atom. The van der Waals surface area contributed by atoms with Crippen molar-refractivity contribution in [1.29, 1.82) is 0 Å². The quantitative estimate of drug-likeness (QED) is 0.797. The third kappa shape index (κ3) is 3.25. The maximum Gasteiger partial charge on any atom is 0.573 e. The second-order valence-electron chi connectivity index (χ2n) is 3.32. The Balaban J connectivity index is 2.17. The van der Waals surface area contributed by atoms with E-state index in [1.54, 1.807) is 0 Å². The van der Waals surface area contributed by atoms with Crippen molar-refractivity contribution in [2.45, 2.75) is 11.7 Å². The highest BCUT2D eigenvalue weighted by Gasteiger charge is 2.30. The number of benzene rings is 1. The average Bonchev–Trinajstić information content (AvgIpc) is 2.76. The van der Waals surface area contributed by atoms with Crippen molar-refractivity contribution >= 4 is 15.9 Å². The molecule has 0 atom stereocenters. The molecule has 0 aliphatic rings. The average molecular weight is 322 g/mol. The van der Waals surface area contributed by atoms with Crippen molar-refractivity contribution in [1.82, 2.24) is 4.98 Å². The van der Waals surface area contributed by atoms with E-state index in [0.29, 0.717) is 22.5 Å². The number of hydrogen-bond acceptors (Lipinski definition) is 3. The van der Waals surface area contributed by atoms with Crippen molar-refractivity contribution in [3.8, 4) is 17.1 Å². The van der Waals surface area contributed by atoms with E-state index in [1.807, 2.05) is 0 Å². The summed E-state index contributed by atoms with van der Waals surface area (Å²) < 4.78 is 45.0. The first-order chi connectivity index (χ1) is 8.48. The van der Waals surface area contributed by atoms with Crippen LogP contribution in [0.3, 0.4) is 0 Å². The maximum atomic E-state index is 12.0. The fraction of sp³-hybridized carbons (Fsp3) is 0.182. The normalized spacial score (nSPS) is 11.6. The van der Waals surface area contributed by atoms with Crippen LogP contribution in [0.4, 0.5) is 13.2 Å². The summed E-state index contributed by atoms with van der Waals surface area (Å²) in [5.41, 5.74) is 0.629. The first kappa shape index (κ1) is 12.9. The summed E-state index contributed by atoms with van der Waals surface area (Å²) in [6.45, 7) is 0. The molecule has 0 saturated heterocycles. The monoisotopic (exact) mass is 321 g/mol. The minimum absolute atomic E-state index is 0.272. The van der Waals surface area contributed by atoms with Crippen molar-refractivity contribution in [2.75, 3.05) is 0 Å². The van der Waals surface area contributed by atoms with E-state index < -0.39 is 6.36 Å². The molecule has 0 unspecified atom stereocenters. The van der Waals surface area contributed by atoms with Crippen LogP contribution in [0.15, 0.2) is 34.9 Å². The van der Waals surface area contributed by atoms with Crippen molar-refractivity contribution < 1.29 is 22.3 Å². The fourth-order valence-electron chi connectivity index (χ4n) is 1.33. The molecule has 0 amide bonds. The van der Waals surface area contributed by atoms with Gasteiger partial charge in [-0.1, -0.05) is 15.9 Å². The van der Waals surface area contributed by atoms with Crippen LogP contribution in [0.2, 0.25) is 0 Å². The molecule has 0 fully saturated rings. The van der Waals surface area contributed by atoms with Gasteiger partial charge in [0, 0.05) is 5.56 Å². The number of hydrogen-bond donors (Lipinski definition) is 0. The Labute approximate surface area is 109 Å². The summed E-state index contributed by atoms with van der Waals surface area (Å²) in [5, 5.41) is 0.474. The zero-order chi connectivity index (χ0) is 13.2. The van der Waals surface area contributed by atoms with Crippen LogP contribution in [0.5, 0.6) is 5.75 Å².